The molecule has 4 N–H and O–H groups in total. The number of hydrogen-bond donors (Lipinski definition) is 4. The number of allylic oxidation sites excluding steroid dienone is 1. The zero-order valence-electron chi connectivity index (χ0n) is 14.8. The molecular formula is C19H24O8. The van der Waals surface area contributed by atoms with Crippen molar-refractivity contribution in [1.29, 1.82) is 0 Å². The largest absolute Gasteiger partial charge is 0.481 e. The fourth-order valence-corrected chi connectivity index (χ4v) is 1.48. The molecule has 0 spiro atoms. The van der Waals surface area contributed by atoms with Crippen molar-refractivity contribution in [1.82, 2.24) is 0 Å². The number of carboxylic acids is 1. The van der Waals surface area contributed by atoms with Crippen molar-refractivity contribution in [2.45, 2.75) is 25.4 Å². The van der Waals surface area contributed by atoms with Crippen LogP contribution in [0.3, 0.4) is 0 Å². The third-order valence-electron chi connectivity index (χ3n) is 2.93. The van der Waals surface area contributed by atoms with Gasteiger partial charge in [-0.1, -0.05) is 49.1 Å². The maximum absolute atomic E-state index is 11.5. The van der Waals surface area contributed by atoms with E-state index in [0.29, 0.717) is 0 Å². The second kappa shape index (κ2) is 14.4. The third-order valence-corrected chi connectivity index (χ3v) is 2.93. The predicted octanol–water partition coefficient (Wildman–Crippen LogP) is 0.913. The van der Waals surface area contributed by atoms with E-state index in [4.69, 9.17) is 20.4 Å². The third kappa shape index (κ3) is 13.1. The first-order chi connectivity index (χ1) is 12.8. The second-order valence-corrected chi connectivity index (χ2v) is 5.29. The van der Waals surface area contributed by atoms with Gasteiger partial charge in [0.25, 0.3) is 0 Å². The fraction of sp³-hybridized carbons (Fsp3) is 0.316. The van der Waals surface area contributed by atoms with E-state index in [-0.39, 0.29) is 38.0 Å². The highest BCUT2D eigenvalue weighted by Gasteiger charge is 2.14. The van der Waals surface area contributed by atoms with E-state index in [1.165, 1.54) is 0 Å². The highest BCUT2D eigenvalue weighted by Crippen LogP contribution is 2.07. The zero-order chi connectivity index (χ0) is 20.7. The molecule has 0 atom stereocenters. The summed E-state index contributed by atoms with van der Waals surface area (Å²) in [7, 11) is 0. The van der Waals surface area contributed by atoms with E-state index in [9.17, 15) is 14.4 Å². The van der Waals surface area contributed by atoms with Crippen molar-refractivity contribution in [3.8, 4) is 0 Å². The van der Waals surface area contributed by atoms with Crippen LogP contribution in [0.25, 0.3) is 6.08 Å². The van der Waals surface area contributed by atoms with Gasteiger partial charge >= 0.3 is 17.9 Å². The van der Waals surface area contributed by atoms with Gasteiger partial charge in [-0.3, -0.25) is 9.59 Å². The number of ether oxygens (including phenoxy) is 1. The van der Waals surface area contributed by atoms with Crippen molar-refractivity contribution < 1.29 is 39.5 Å². The molecule has 0 saturated heterocycles. The first kappa shape index (κ1) is 24.2. The Bertz CT molecular complexity index is 632. The Morgan fingerprint density at radius 2 is 1.67 bits per heavy atom. The molecule has 1 aromatic carbocycles. The van der Waals surface area contributed by atoms with E-state index in [0.717, 1.165) is 5.56 Å². The van der Waals surface area contributed by atoms with Crippen LogP contribution in [0.5, 0.6) is 0 Å². The zero-order valence-corrected chi connectivity index (χ0v) is 14.8. The Kier molecular flexibility index (Phi) is 12.9. The molecule has 1 rings (SSSR count). The minimum absolute atomic E-state index is 0.130. The number of carbonyl (C=O) groups excluding carboxylic acids is 2. The van der Waals surface area contributed by atoms with E-state index < -0.39 is 24.0 Å². The van der Waals surface area contributed by atoms with Crippen LogP contribution in [0.1, 0.15) is 24.8 Å². The average Bonchev–Trinajstić information content (AvgIpc) is 2.66. The summed E-state index contributed by atoms with van der Waals surface area (Å²) in [5, 5.41) is 32.4. The van der Waals surface area contributed by atoms with Crippen LogP contribution in [0.2, 0.25) is 0 Å². The van der Waals surface area contributed by atoms with Gasteiger partial charge in [-0.25, -0.2) is 4.79 Å². The van der Waals surface area contributed by atoms with Crippen LogP contribution in [-0.2, 0) is 19.1 Å². The lowest BCUT2D eigenvalue weighted by molar-refractivity contribution is -0.158. The van der Waals surface area contributed by atoms with Gasteiger partial charge < -0.3 is 25.2 Å². The molecule has 0 aromatic heterocycles. The SMILES string of the molecule is C=C(CC=Cc1ccccc1)C(=O)OC(=O)CCC(=O)O.OCC(O)CO. The normalized spacial score (nSPS) is 10.2. The fourth-order valence-electron chi connectivity index (χ4n) is 1.48. The molecule has 0 heterocycles. The standard InChI is InChI=1S/C16H16O5.C3H8O3/c1-12(6-5-9-13-7-3-2-4-8-13)16(20)21-15(19)11-10-14(17)18;4-1-3(6)2-5/h2-5,7-9H,1,6,10-11H2,(H,17,18);3-6H,1-2H2. The van der Waals surface area contributed by atoms with E-state index in [1.54, 1.807) is 6.08 Å². The van der Waals surface area contributed by atoms with Gasteiger partial charge in [-0.15, -0.1) is 0 Å². The van der Waals surface area contributed by atoms with E-state index in [1.807, 2.05) is 36.4 Å². The van der Waals surface area contributed by atoms with Crippen LogP contribution in [-0.4, -0.2) is 57.7 Å². The summed E-state index contributed by atoms with van der Waals surface area (Å²) in [4.78, 5) is 33.0. The molecule has 0 aliphatic carbocycles. The Balaban J connectivity index is 0.000000972. The highest BCUT2D eigenvalue weighted by atomic mass is 16.6. The summed E-state index contributed by atoms with van der Waals surface area (Å²) < 4.78 is 4.49. The number of carboxylic acid groups (broad SMARTS) is 1. The molecule has 0 amide bonds. The molecule has 0 aliphatic rings. The Morgan fingerprint density at radius 1 is 1.07 bits per heavy atom. The number of esters is 2. The van der Waals surface area contributed by atoms with E-state index >= 15 is 0 Å². The maximum atomic E-state index is 11.5. The van der Waals surface area contributed by atoms with Gasteiger partial charge in [0, 0.05) is 5.57 Å². The Hall–Kier alpha value is -2.81. The molecule has 8 nitrogen and oxygen atoms in total. The van der Waals surface area contributed by atoms with Crippen molar-refractivity contribution in [3.05, 3.63) is 54.1 Å². The van der Waals surface area contributed by atoms with E-state index in [2.05, 4.69) is 11.3 Å². The predicted molar refractivity (Wildman–Crippen MR) is 97.4 cm³/mol. The molecule has 0 unspecified atom stereocenters. The minimum Gasteiger partial charge on any atom is -0.481 e. The molecule has 8 heteroatoms. The number of carbonyl (C=O) groups is 3. The first-order valence-corrected chi connectivity index (χ1v) is 8.06. The maximum Gasteiger partial charge on any atom is 0.341 e. The lowest BCUT2D eigenvalue weighted by atomic mass is 10.1. The van der Waals surface area contributed by atoms with Gasteiger partial charge in [0.15, 0.2) is 0 Å². The molecule has 148 valence electrons. The van der Waals surface area contributed by atoms with Crippen molar-refractivity contribution in [2.24, 2.45) is 0 Å². The van der Waals surface area contributed by atoms with Gasteiger partial charge in [-0.05, 0) is 12.0 Å². The number of aliphatic carboxylic acids is 1. The van der Waals surface area contributed by atoms with Gasteiger partial charge in [0.2, 0.25) is 0 Å². The molecule has 0 fully saturated rings. The number of aliphatic hydroxyl groups is 3. The number of rotatable bonds is 9. The number of hydrogen-bond acceptors (Lipinski definition) is 7. The van der Waals surface area contributed by atoms with Crippen LogP contribution < -0.4 is 0 Å². The summed E-state index contributed by atoms with van der Waals surface area (Å²) >= 11 is 0. The summed E-state index contributed by atoms with van der Waals surface area (Å²) in [6.07, 6.45) is 2.15. The summed E-state index contributed by atoms with van der Waals surface area (Å²) in [5.74, 6) is -2.82. The first-order valence-electron chi connectivity index (χ1n) is 8.06. The Labute approximate surface area is 157 Å². The molecule has 0 aliphatic heterocycles. The van der Waals surface area contributed by atoms with Crippen LogP contribution in [0, 0.1) is 0 Å². The van der Waals surface area contributed by atoms with Gasteiger partial charge in [-0.2, -0.15) is 0 Å². The molecule has 27 heavy (non-hydrogen) atoms. The molecule has 0 bridgehead atoms. The molecule has 1 aromatic rings. The van der Waals surface area contributed by atoms with Crippen LogP contribution in [0.15, 0.2) is 48.6 Å². The molecule has 0 radical (unpaired) electrons. The summed E-state index contributed by atoms with van der Waals surface area (Å²) in [5.41, 5.74) is 1.11. The number of aliphatic hydroxyl groups excluding tert-OH is 3. The number of benzene rings is 1. The molecule has 0 saturated carbocycles. The summed E-state index contributed by atoms with van der Waals surface area (Å²) in [6, 6.07) is 9.50. The highest BCUT2D eigenvalue weighted by molar-refractivity contribution is 5.96. The smallest absolute Gasteiger partial charge is 0.341 e. The minimum atomic E-state index is -1.12. The summed E-state index contributed by atoms with van der Waals surface area (Å²) in [6.45, 7) is 2.81. The lowest BCUT2D eigenvalue weighted by Crippen LogP contribution is -2.15. The molecular weight excluding hydrogens is 356 g/mol. The van der Waals surface area contributed by atoms with Crippen molar-refractivity contribution >= 4 is 24.0 Å². The van der Waals surface area contributed by atoms with Crippen molar-refractivity contribution in [2.75, 3.05) is 13.2 Å². The lowest BCUT2D eigenvalue weighted by Gasteiger charge is -2.02. The monoisotopic (exact) mass is 380 g/mol. The second-order valence-electron chi connectivity index (χ2n) is 5.29. The van der Waals surface area contributed by atoms with Crippen LogP contribution >= 0.6 is 0 Å². The Morgan fingerprint density at radius 3 is 2.15 bits per heavy atom. The van der Waals surface area contributed by atoms with Crippen molar-refractivity contribution in [3.63, 3.8) is 0 Å². The van der Waals surface area contributed by atoms with Gasteiger partial charge in [0.1, 0.15) is 6.10 Å². The topological polar surface area (TPSA) is 141 Å². The average molecular weight is 380 g/mol. The quantitative estimate of drug-likeness (QED) is 0.281. The van der Waals surface area contributed by atoms with Gasteiger partial charge in [0.05, 0.1) is 26.1 Å². The van der Waals surface area contributed by atoms with Crippen LogP contribution in [0.4, 0.5) is 0 Å².